The van der Waals surface area contributed by atoms with E-state index in [0.29, 0.717) is 11.6 Å². The first-order valence-electron chi connectivity index (χ1n) is 8.11. The zero-order valence-electron chi connectivity index (χ0n) is 12.9. The second-order valence-corrected chi connectivity index (χ2v) is 7.71. The van der Waals surface area contributed by atoms with Gasteiger partial charge in [0, 0.05) is 37.3 Å². The highest BCUT2D eigenvalue weighted by Gasteiger charge is 2.49. The quantitative estimate of drug-likeness (QED) is 0.845. The van der Waals surface area contributed by atoms with Crippen LogP contribution in [0.4, 0.5) is 0 Å². The molecule has 3 heteroatoms. The molecule has 0 radical (unpaired) electrons. The van der Waals surface area contributed by atoms with E-state index in [-0.39, 0.29) is 5.54 Å². The zero-order chi connectivity index (χ0) is 13.5. The van der Waals surface area contributed by atoms with Gasteiger partial charge in [0.05, 0.1) is 6.10 Å². The van der Waals surface area contributed by atoms with Gasteiger partial charge in [0.15, 0.2) is 0 Å². The molecule has 1 aliphatic carbocycles. The summed E-state index contributed by atoms with van der Waals surface area (Å²) in [5, 5.41) is 3.76. The highest BCUT2D eigenvalue weighted by Crippen LogP contribution is 2.44. The molecule has 3 rings (SSSR count). The number of piperazine rings is 1. The Labute approximate surface area is 118 Å². The van der Waals surface area contributed by atoms with Crippen molar-refractivity contribution in [2.75, 3.05) is 26.2 Å². The SMILES string of the molecule is CC1(C)CN(CCC2CCCO2)C(C)(C2CC2)CN1. The molecule has 0 spiro atoms. The van der Waals surface area contributed by atoms with Crippen LogP contribution in [-0.4, -0.2) is 48.3 Å². The van der Waals surface area contributed by atoms with Crippen molar-refractivity contribution in [1.29, 1.82) is 0 Å². The predicted molar refractivity (Wildman–Crippen MR) is 78.4 cm³/mol. The Kier molecular flexibility index (Phi) is 3.65. The minimum absolute atomic E-state index is 0.255. The van der Waals surface area contributed by atoms with Gasteiger partial charge in [-0.1, -0.05) is 0 Å². The summed E-state index contributed by atoms with van der Waals surface area (Å²) in [7, 11) is 0. The fourth-order valence-corrected chi connectivity index (χ4v) is 3.86. The van der Waals surface area contributed by atoms with Crippen LogP contribution in [0.1, 0.15) is 52.9 Å². The van der Waals surface area contributed by atoms with Gasteiger partial charge in [-0.05, 0) is 58.8 Å². The predicted octanol–water partition coefficient (Wildman–Crippen LogP) is 2.41. The maximum atomic E-state index is 5.80. The van der Waals surface area contributed by atoms with Crippen molar-refractivity contribution in [3.8, 4) is 0 Å². The highest BCUT2D eigenvalue weighted by molar-refractivity contribution is 5.07. The molecule has 1 saturated carbocycles. The third-order valence-corrected chi connectivity index (χ3v) is 5.44. The second-order valence-electron chi connectivity index (χ2n) is 7.71. The molecule has 3 aliphatic rings. The van der Waals surface area contributed by atoms with Gasteiger partial charge in [-0.3, -0.25) is 4.90 Å². The van der Waals surface area contributed by atoms with E-state index >= 15 is 0 Å². The van der Waals surface area contributed by atoms with Crippen LogP contribution in [0.25, 0.3) is 0 Å². The van der Waals surface area contributed by atoms with Gasteiger partial charge in [0.1, 0.15) is 0 Å². The van der Waals surface area contributed by atoms with E-state index in [9.17, 15) is 0 Å². The van der Waals surface area contributed by atoms with Crippen molar-refractivity contribution >= 4 is 0 Å². The lowest BCUT2D eigenvalue weighted by Gasteiger charge is -2.52. The molecule has 0 aromatic rings. The van der Waals surface area contributed by atoms with Crippen LogP contribution in [-0.2, 0) is 4.74 Å². The van der Waals surface area contributed by atoms with E-state index in [2.05, 4.69) is 31.0 Å². The van der Waals surface area contributed by atoms with Crippen LogP contribution in [0.15, 0.2) is 0 Å². The highest BCUT2D eigenvalue weighted by atomic mass is 16.5. The molecule has 2 heterocycles. The Morgan fingerprint density at radius 2 is 2.00 bits per heavy atom. The molecule has 3 nitrogen and oxygen atoms in total. The van der Waals surface area contributed by atoms with Gasteiger partial charge in [0.2, 0.25) is 0 Å². The normalized spacial score (nSPS) is 39.6. The summed E-state index contributed by atoms with van der Waals surface area (Å²) >= 11 is 0. The molecule has 2 aliphatic heterocycles. The largest absolute Gasteiger partial charge is 0.378 e. The Bertz CT molecular complexity index is 321. The first-order chi connectivity index (χ1) is 9.00. The molecule has 19 heavy (non-hydrogen) atoms. The number of nitrogens with zero attached hydrogens (tertiary/aromatic N) is 1. The van der Waals surface area contributed by atoms with Crippen molar-refractivity contribution in [3.63, 3.8) is 0 Å². The summed E-state index contributed by atoms with van der Waals surface area (Å²) in [5.41, 5.74) is 0.638. The molecule has 2 saturated heterocycles. The fourth-order valence-electron chi connectivity index (χ4n) is 3.86. The van der Waals surface area contributed by atoms with Crippen LogP contribution in [0.2, 0.25) is 0 Å². The van der Waals surface area contributed by atoms with E-state index in [1.54, 1.807) is 0 Å². The number of hydrogen-bond acceptors (Lipinski definition) is 3. The monoisotopic (exact) mass is 266 g/mol. The molecular weight excluding hydrogens is 236 g/mol. The smallest absolute Gasteiger partial charge is 0.0588 e. The molecule has 0 aromatic carbocycles. The van der Waals surface area contributed by atoms with Crippen LogP contribution < -0.4 is 5.32 Å². The Hall–Kier alpha value is -0.120. The van der Waals surface area contributed by atoms with Crippen LogP contribution in [0.3, 0.4) is 0 Å². The van der Waals surface area contributed by atoms with Gasteiger partial charge in [0.25, 0.3) is 0 Å². The van der Waals surface area contributed by atoms with E-state index in [0.717, 1.165) is 19.1 Å². The lowest BCUT2D eigenvalue weighted by Crippen LogP contribution is -2.68. The molecule has 0 amide bonds. The summed E-state index contributed by atoms with van der Waals surface area (Å²) in [6, 6.07) is 0. The number of rotatable bonds is 4. The van der Waals surface area contributed by atoms with Gasteiger partial charge in [-0.15, -0.1) is 0 Å². The zero-order valence-corrected chi connectivity index (χ0v) is 12.9. The molecule has 110 valence electrons. The van der Waals surface area contributed by atoms with Crippen molar-refractivity contribution in [2.24, 2.45) is 5.92 Å². The summed E-state index contributed by atoms with van der Waals surface area (Å²) in [5.74, 6) is 0.917. The Balaban J connectivity index is 1.62. The van der Waals surface area contributed by atoms with Crippen LogP contribution in [0, 0.1) is 5.92 Å². The van der Waals surface area contributed by atoms with Crippen LogP contribution >= 0.6 is 0 Å². The van der Waals surface area contributed by atoms with Crippen molar-refractivity contribution in [1.82, 2.24) is 10.2 Å². The second kappa shape index (κ2) is 5.01. The average Bonchev–Trinajstić information content (AvgIpc) is 3.09. The van der Waals surface area contributed by atoms with E-state index in [1.165, 1.54) is 45.2 Å². The minimum atomic E-state index is 0.255. The van der Waals surface area contributed by atoms with E-state index in [4.69, 9.17) is 4.74 Å². The number of ether oxygens (including phenoxy) is 1. The third kappa shape index (κ3) is 2.98. The lowest BCUT2D eigenvalue weighted by atomic mass is 9.85. The summed E-state index contributed by atoms with van der Waals surface area (Å²) in [6.45, 7) is 11.7. The van der Waals surface area contributed by atoms with Crippen molar-refractivity contribution < 1.29 is 4.74 Å². The molecule has 0 aromatic heterocycles. The molecule has 1 N–H and O–H groups in total. The number of nitrogens with one attached hydrogen (secondary N) is 1. The summed E-state index contributed by atoms with van der Waals surface area (Å²) in [6.07, 6.45) is 7.14. The van der Waals surface area contributed by atoms with Crippen LogP contribution in [0.5, 0.6) is 0 Å². The van der Waals surface area contributed by atoms with Crippen molar-refractivity contribution in [2.45, 2.75) is 70.1 Å². The summed E-state index contributed by atoms with van der Waals surface area (Å²) in [4.78, 5) is 2.77. The van der Waals surface area contributed by atoms with E-state index in [1.807, 2.05) is 0 Å². The maximum Gasteiger partial charge on any atom is 0.0588 e. The standard InChI is InChI=1S/C16H30N2O/c1-15(2)12-18(9-8-14-5-4-10-19-14)16(3,11-17-15)13-6-7-13/h13-14,17H,4-12H2,1-3H3. The first-order valence-corrected chi connectivity index (χ1v) is 8.11. The van der Waals surface area contributed by atoms with Crippen molar-refractivity contribution in [3.05, 3.63) is 0 Å². The molecular formula is C16H30N2O. The van der Waals surface area contributed by atoms with E-state index < -0.39 is 0 Å². The lowest BCUT2D eigenvalue weighted by molar-refractivity contribution is -0.00157. The summed E-state index contributed by atoms with van der Waals surface area (Å²) < 4.78 is 5.80. The minimum Gasteiger partial charge on any atom is -0.378 e. The van der Waals surface area contributed by atoms with Gasteiger partial charge in [-0.25, -0.2) is 0 Å². The maximum absolute atomic E-state index is 5.80. The molecule has 2 unspecified atom stereocenters. The molecule has 0 bridgehead atoms. The Morgan fingerprint density at radius 3 is 2.63 bits per heavy atom. The van der Waals surface area contributed by atoms with Gasteiger partial charge >= 0.3 is 0 Å². The molecule has 2 atom stereocenters. The molecule has 3 fully saturated rings. The first kappa shape index (κ1) is 13.8. The number of hydrogen-bond donors (Lipinski definition) is 1. The average molecular weight is 266 g/mol. The Morgan fingerprint density at radius 1 is 1.21 bits per heavy atom. The third-order valence-electron chi connectivity index (χ3n) is 5.44. The topological polar surface area (TPSA) is 24.5 Å². The van der Waals surface area contributed by atoms with Gasteiger partial charge in [-0.2, -0.15) is 0 Å². The fraction of sp³-hybridized carbons (Fsp3) is 1.00. The van der Waals surface area contributed by atoms with Gasteiger partial charge < -0.3 is 10.1 Å².